The molecule has 0 bridgehead atoms. The molecule has 0 spiro atoms. The molecule has 1 aliphatic carbocycles. The van der Waals surface area contributed by atoms with E-state index in [1.54, 1.807) is 0 Å². The first-order valence-corrected chi connectivity index (χ1v) is 12.0. The lowest BCUT2D eigenvalue weighted by molar-refractivity contribution is 0.0430. The number of amides is 1. The van der Waals surface area contributed by atoms with Crippen molar-refractivity contribution in [2.45, 2.75) is 63.5 Å². The van der Waals surface area contributed by atoms with Crippen LogP contribution in [0, 0.1) is 5.92 Å². The molecule has 1 saturated carbocycles. The summed E-state index contributed by atoms with van der Waals surface area (Å²) < 4.78 is 5.90. The number of nitrogens with one attached hydrogen (secondary N) is 1. The number of ether oxygens (including phenoxy) is 1. The molecule has 3 fully saturated rings. The van der Waals surface area contributed by atoms with E-state index in [1.807, 2.05) is 30.5 Å². The molecule has 1 amide bonds. The molecule has 1 aromatic carbocycles. The molecule has 3 aliphatic rings. The number of aromatic nitrogens is 1. The number of H-pyrrole nitrogens is 1. The highest BCUT2D eigenvalue weighted by Crippen LogP contribution is 2.29. The smallest absolute Gasteiger partial charge is 0.256 e. The van der Waals surface area contributed by atoms with Gasteiger partial charge in [-0.2, -0.15) is 0 Å². The SMILES string of the molecule is O=C(c1c[nH]c2ccccc12)N(CC1CCN(C2CCCC2)CC1)CC1CCCO1. The van der Waals surface area contributed by atoms with Gasteiger partial charge in [0, 0.05) is 42.8 Å². The number of benzene rings is 1. The van der Waals surface area contributed by atoms with Crippen LogP contribution in [0.25, 0.3) is 10.9 Å². The zero-order valence-electron chi connectivity index (χ0n) is 18.0. The van der Waals surface area contributed by atoms with Gasteiger partial charge in [0.2, 0.25) is 0 Å². The fourth-order valence-electron chi connectivity index (χ4n) is 5.78. The second-order valence-electron chi connectivity index (χ2n) is 9.51. The molecule has 1 unspecified atom stereocenters. The molecule has 162 valence electrons. The highest BCUT2D eigenvalue weighted by atomic mass is 16.5. The fraction of sp³-hybridized carbons (Fsp3) is 0.640. The van der Waals surface area contributed by atoms with Gasteiger partial charge in [0.15, 0.2) is 0 Å². The molecule has 5 nitrogen and oxygen atoms in total. The van der Waals surface area contributed by atoms with Gasteiger partial charge in [0.1, 0.15) is 0 Å². The Bertz CT molecular complexity index is 843. The first kappa shape index (κ1) is 20.1. The minimum atomic E-state index is 0.154. The first-order valence-electron chi connectivity index (χ1n) is 12.0. The summed E-state index contributed by atoms with van der Waals surface area (Å²) in [5, 5.41) is 1.02. The zero-order chi connectivity index (χ0) is 20.3. The molecule has 0 radical (unpaired) electrons. The molecule has 30 heavy (non-hydrogen) atoms. The lowest BCUT2D eigenvalue weighted by atomic mass is 9.94. The second-order valence-corrected chi connectivity index (χ2v) is 9.51. The van der Waals surface area contributed by atoms with Crippen molar-refractivity contribution >= 4 is 16.8 Å². The number of hydrogen-bond donors (Lipinski definition) is 1. The highest BCUT2D eigenvalue weighted by molar-refractivity contribution is 6.06. The quantitative estimate of drug-likeness (QED) is 0.767. The average Bonchev–Trinajstić information content (AvgIpc) is 3.55. The van der Waals surface area contributed by atoms with E-state index in [4.69, 9.17) is 4.74 Å². The topological polar surface area (TPSA) is 48.6 Å². The van der Waals surface area contributed by atoms with E-state index < -0.39 is 0 Å². The van der Waals surface area contributed by atoms with Crippen molar-refractivity contribution in [3.8, 4) is 0 Å². The number of fused-ring (bicyclic) bond motifs is 1. The van der Waals surface area contributed by atoms with E-state index in [9.17, 15) is 4.79 Å². The maximum absolute atomic E-state index is 13.6. The van der Waals surface area contributed by atoms with Gasteiger partial charge in [-0.15, -0.1) is 0 Å². The molecule has 1 aromatic heterocycles. The van der Waals surface area contributed by atoms with E-state index in [0.717, 1.165) is 55.0 Å². The summed E-state index contributed by atoms with van der Waals surface area (Å²) in [6.45, 7) is 4.81. The summed E-state index contributed by atoms with van der Waals surface area (Å²) in [7, 11) is 0. The van der Waals surface area contributed by atoms with Gasteiger partial charge < -0.3 is 19.5 Å². The Morgan fingerprint density at radius 1 is 1.03 bits per heavy atom. The predicted octanol–water partition coefficient (Wildman–Crippen LogP) is 4.44. The van der Waals surface area contributed by atoms with Crippen LogP contribution < -0.4 is 0 Å². The summed E-state index contributed by atoms with van der Waals surface area (Å²) in [4.78, 5) is 21.7. The predicted molar refractivity (Wildman–Crippen MR) is 120 cm³/mol. The van der Waals surface area contributed by atoms with Gasteiger partial charge in [-0.1, -0.05) is 31.0 Å². The third-order valence-electron chi connectivity index (χ3n) is 7.52. The number of rotatable bonds is 6. The van der Waals surface area contributed by atoms with Crippen molar-refractivity contribution < 1.29 is 9.53 Å². The van der Waals surface area contributed by atoms with Gasteiger partial charge in [-0.3, -0.25) is 4.79 Å². The minimum Gasteiger partial charge on any atom is -0.376 e. The zero-order valence-corrected chi connectivity index (χ0v) is 18.0. The van der Waals surface area contributed by atoms with E-state index in [1.165, 1.54) is 51.6 Å². The second kappa shape index (κ2) is 9.11. The lowest BCUT2D eigenvalue weighted by Gasteiger charge is -2.38. The highest BCUT2D eigenvalue weighted by Gasteiger charge is 2.31. The number of likely N-dealkylation sites (tertiary alicyclic amines) is 1. The van der Waals surface area contributed by atoms with Crippen LogP contribution in [-0.4, -0.2) is 65.6 Å². The summed E-state index contributed by atoms with van der Waals surface area (Å²) in [6.07, 6.45) is 12.2. The summed E-state index contributed by atoms with van der Waals surface area (Å²) in [5.74, 6) is 0.749. The molecule has 3 heterocycles. The standard InChI is InChI=1S/C25H35N3O2/c29-25(23-16-26-24-10-4-3-9-22(23)24)28(18-21-8-5-15-30-21)17-19-11-13-27(14-12-19)20-6-1-2-7-20/h3-4,9-10,16,19-21,26H,1-2,5-8,11-15,17-18H2. The Morgan fingerprint density at radius 3 is 2.60 bits per heavy atom. The number of hydrogen-bond acceptors (Lipinski definition) is 3. The van der Waals surface area contributed by atoms with Gasteiger partial charge in [-0.05, 0) is 63.6 Å². The van der Waals surface area contributed by atoms with Crippen LogP contribution in [0.2, 0.25) is 0 Å². The number of piperidine rings is 1. The monoisotopic (exact) mass is 409 g/mol. The fourth-order valence-corrected chi connectivity index (χ4v) is 5.78. The number of para-hydroxylation sites is 1. The van der Waals surface area contributed by atoms with Crippen molar-refractivity contribution in [3.63, 3.8) is 0 Å². The van der Waals surface area contributed by atoms with Gasteiger partial charge >= 0.3 is 0 Å². The number of carbonyl (C=O) groups excluding carboxylic acids is 1. The molecule has 2 aromatic rings. The van der Waals surface area contributed by atoms with Crippen molar-refractivity contribution in [2.24, 2.45) is 5.92 Å². The summed E-state index contributed by atoms with van der Waals surface area (Å²) in [6, 6.07) is 8.92. The van der Waals surface area contributed by atoms with Crippen LogP contribution in [0.1, 0.15) is 61.7 Å². The van der Waals surface area contributed by atoms with Gasteiger partial charge in [0.25, 0.3) is 5.91 Å². The maximum Gasteiger partial charge on any atom is 0.256 e. The number of carbonyl (C=O) groups is 1. The van der Waals surface area contributed by atoms with Crippen LogP contribution in [0.15, 0.2) is 30.5 Å². The van der Waals surface area contributed by atoms with Crippen LogP contribution in [0.4, 0.5) is 0 Å². The van der Waals surface area contributed by atoms with Crippen LogP contribution >= 0.6 is 0 Å². The third-order valence-corrected chi connectivity index (χ3v) is 7.52. The molecule has 1 atom stereocenters. The Balaban J connectivity index is 1.27. The minimum absolute atomic E-state index is 0.154. The Hall–Kier alpha value is -1.85. The van der Waals surface area contributed by atoms with Crippen molar-refractivity contribution in [3.05, 3.63) is 36.0 Å². The van der Waals surface area contributed by atoms with E-state index >= 15 is 0 Å². The molecule has 5 heteroatoms. The Morgan fingerprint density at radius 2 is 1.83 bits per heavy atom. The largest absolute Gasteiger partial charge is 0.376 e. The molecule has 1 N–H and O–H groups in total. The van der Waals surface area contributed by atoms with Crippen LogP contribution in [0.3, 0.4) is 0 Å². The molecular formula is C25H35N3O2. The number of aromatic amines is 1. The molecule has 2 aliphatic heterocycles. The Kier molecular flexibility index (Phi) is 6.09. The van der Waals surface area contributed by atoms with E-state index in [0.29, 0.717) is 5.92 Å². The average molecular weight is 410 g/mol. The third kappa shape index (κ3) is 4.28. The van der Waals surface area contributed by atoms with Crippen molar-refractivity contribution in [1.29, 1.82) is 0 Å². The van der Waals surface area contributed by atoms with E-state index in [-0.39, 0.29) is 12.0 Å². The van der Waals surface area contributed by atoms with Crippen LogP contribution in [0.5, 0.6) is 0 Å². The van der Waals surface area contributed by atoms with Crippen LogP contribution in [-0.2, 0) is 4.74 Å². The summed E-state index contributed by atoms with van der Waals surface area (Å²) >= 11 is 0. The maximum atomic E-state index is 13.6. The molecule has 2 saturated heterocycles. The number of nitrogens with zero attached hydrogens (tertiary/aromatic N) is 2. The van der Waals surface area contributed by atoms with Gasteiger partial charge in [0.05, 0.1) is 11.7 Å². The lowest BCUT2D eigenvalue weighted by Crippen LogP contribution is -2.45. The van der Waals surface area contributed by atoms with Crippen molar-refractivity contribution in [1.82, 2.24) is 14.8 Å². The molecular weight excluding hydrogens is 374 g/mol. The molecule has 5 rings (SSSR count). The van der Waals surface area contributed by atoms with Gasteiger partial charge in [-0.25, -0.2) is 0 Å². The summed E-state index contributed by atoms with van der Waals surface area (Å²) in [5.41, 5.74) is 1.83. The first-order chi connectivity index (χ1) is 14.8. The normalized spacial score (nSPS) is 24.1. The Labute approximate surface area is 179 Å². The van der Waals surface area contributed by atoms with E-state index in [2.05, 4.69) is 14.8 Å². The van der Waals surface area contributed by atoms with Crippen molar-refractivity contribution in [2.75, 3.05) is 32.8 Å².